The number of carbonyl (C=O) groups is 2. The predicted molar refractivity (Wildman–Crippen MR) is 102 cm³/mol. The van der Waals surface area contributed by atoms with E-state index in [4.69, 9.17) is 14.2 Å². The molecule has 27 heavy (non-hydrogen) atoms. The third kappa shape index (κ3) is 3.62. The van der Waals surface area contributed by atoms with Gasteiger partial charge in [0.05, 0.1) is 13.7 Å². The second-order valence-corrected chi connectivity index (χ2v) is 5.88. The van der Waals surface area contributed by atoms with E-state index in [0.717, 1.165) is 5.56 Å². The number of benzene rings is 2. The molecule has 0 fully saturated rings. The quantitative estimate of drug-likeness (QED) is 0.732. The fourth-order valence-corrected chi connectivity index (χ4v) is 2.97. The summed E-state index contributed by atoms with van der Waals surface area (Å²) in [4.78, 5) is 25.1. The molecular formula is C22H20O5. The highest BCUT2D eigenvalue weighted by molar-refractivity contribution is 6.11. The van der Waals surface area contributed by atoms with Gasteiger partial charge >= 0.3 is 11.9 Å². The lowest BCUT2D eigenvalue weighted by atomic mass is 9.87. The highest BCUT2D eigenvalue weighted by Gasteiger charge is 2.50. The molecule has 1 heterocycles. The summed E-state index contributed by atoms with van der Waals surface area (Å²) in [7, 11) is 1.53. The van der Waals surface area contributed by atoms with Gasteiger partial charge in [-0.1, -0.05) is 54.6 Å². The van der Waals surface area contributed by atoms with Crippen LogP contribution in [0.5, 0.6) is 5.75 Å². The smallest absolute Gasteiger partial charge is 0.359 e. The summed E-state index contributed by atoms with van der Waals surface area (Å²) in [5.41, 5.74) is 0.174. The van der Waals surface area contributed by atoms with E-state index in [0.29, 0.717) is 16.9 Å². The molecule has 1 aliphatic heterocycles. The first-order chi connectivity index (χ1) is 13.1. The summed E-state index contributed by atoms with van der Waals surface area (Å²) in [5.74, 6) is -0.731. The van der Waals surface area contributed by atoms with Crippen LogP contribution in [0.15, 0.2) is 66.7 Å². The molecular weight excluding hydrogens is 344 g/mol. The molecule has 0 N–H and O–H groups in total. The highest BCUT2D eigenvalue weighted by atomic mass is 16.6. The molecule has 0 aliphatic carbocycles. The first-order valence-corrected chi connectivity index (χ1v) is 8.60. The monoisotopic (exact) mass is 364 g/mol. The first kappa shape index (κ1) is 18.5. The molecule has 3 rings (SSSR count). The average Bonchev–Trinajstić information content (AvgIpc) is 3.04. The van der Waals surface area contributed by atoms with Gasteiger partial charge in [-0.05, 0) is 24.6 Å². The lowest BCUT2D eigenvalue weighted by Crippen LogP contribution is -2.40. The number of cyclic esters (lactones) is 1. The van der Waals surface area contributed by atoms with E-state index in [9.17, 15) is 9.59 Å². The standard InChI is InChI=1S/C22H20O5/c1-3-26-21(24)22(14-13-16-9-5-4-6-10-16)18(15-20(23)27-22)17-11-7-8-12-19(17)25-2/h4-15H,3H2,1-2H3/b14-13+. The number of para-hydroxylation sites is 1. The van der Waals surface area contributed by atoms with Gasteiger partial charge in [-0.15, -0.1) is 0 Å². The highest BCUT2D eigenvalue weighted by Crippen LogP contribution is 2.42. The molecule has 0 spiro atoms. The maximum absolute atomic E-state index is 12.9. The van der Waals surface area contributed by atoms with Crippen LogP contribution < -0.4 is 4.74 Å². The van der Waals surface area contributed by atoms with E-state index in [1.807, 2.05) is 36.4 Å². The summed E-state index contributed by atoms with van der Waals surface area (Å²) in [6, 6.07) is 16.6. The topological polar surface area (TPSA) is 61.8 Å². The van der Waals surface area contributed by atoms with E-state index in [1.54, 1.807) is 37.3 Å². The second-order valence-electron chi connectivity index (χ2n) is 5.88. The van der Waals surface area contributed by atoms with Crippen molar-refractivity contribution in [1.82, 2.24) is 0 Å². The van der Waals surface area contributed by atoms with Crippen LogP contribution in [0.1, 0.15) is 18.1 Å². The Morgan fingerprint density at radius 3 is 2.52 bits per heavy atom. The van der Waals surface area contributed by atoms with Crippen molar-refractivity contribution in [3.8, 4) is 5.75 Å². The maximum Gasteiger partial charge on any atom is 0.359 e. The lowest BCUT2D eigenvalue weighted by molar-refractivity contribution is -0.165. The van der Waals surface area contributed by atoms with Gasteiger partial charge in [-0.25, -0.2) is 9.59 Å². The van der Waals surface area contributed by atoms with Crippen molar-refractivity contribution in [2.75, 3.05) is 13.7 Å². The molecule has 138 valence electrons. The fraction of sp³-hybridized carbons (Fsp3) is 0.182. The van der Waals surface area contributed by atoms with Crippen molar-refractivity contribution in [2.24, 2.45) is 0 Å². The Bertz CT molecular complexity index is 898. The van der Waals surface area contributed by atoms with Crippen LogP contribution in [0.4, 0.5) is 0 Å². The van der Waals surface area contributed by atoms with Crippen LogP contribution in [-0.4, -0.2) is 31.3 Å². The minimum absolute atomic E-state index is 0.163. The normalized spacial score (nSPS) is 18.9. The molecule has 0 bridgehead atoms. The molecule has 0 radical (unpaired) electrons. The lowest BCUT2D eigenvalue weighted by Gasteiger charge is -2.26. The zero-order chi connectivity index (χ0) is 19.3. The third-order valence-electron chi connectivity index (χ3n) is 4.21. The molecule has 5 nitrogen and oxygen atoms in total. The van der Waals surface area contributed by atoms with Crippen LogP contribution in [0.3, 0.4) is 0 Å². The van der Waals surface area contributed by atoms with Crippen LogP contribution in [0.25, 0.3) is 11.6 Å². The van der Waals surface area contributed by atoms with Crippen LogP contribution in [-0.2, 0) is 19.1 Å². The Labute approximate surface area is 157 Å². The van der Waals surface area contributed by atoms with Crippen molar-refractivity contribution in [2.45, 2.75) is 12.5 Å². The Morgan fingerprint density at radius 2 is 1.81 bits per heavy atom. The summed E-state index contributed by atoms with van der Waals surface area (Å²) < 4.78 is 16.2. The second kappa shape index (κ2) is 7.91. The summed E-state index contributed by atoms with van der Waals surface area (Å²) >= 11 is 0. The van der Waals surface area contributed by atoms with Gasteiger partial charge in [0.25, 0.3) is 5.60 Å². The van der Waals surface area contributed by atoms with Gasteiger partial charge < -0.3 is 14.2 Å². The Kier molecular flexibility index (Phi) is 5.41. The Balaban J connectivity index is 2.13. The van der Waals surface area contributed by atoms with Crippen molar-refractivity contribution >= 4 is 23.6 Å². The molecule has 5 heteroatoms. The van der Waals surface area contributed by atoms with Crippen molar-refractivity contribution in [1.29, 1.82) is 0 Å². The zero-order valence-corrected chi connectivity index (χ0v) is 15.2. The SMILES string of the molecule is CCOC(=O)C1(/C=C/c2ccccc2)OC(=O)C=C1c1ccccc1OC. The molecule has 0 aromatic heterocycles. The number of hydrogen-bond acceptors (Lipinski definition) is 5. The van der Waals surface area contributed by atoms with Gasteiger partial charge in [0.1, 0.15) is 5.75 Å². The summed E-state index contributed by atoms with van der Waals surface area (Å²) in [6.45, 7) is 1.87. The minimum atomic E-state index is -1.67. The first-order valence-electron chi connectivity index (χ1n) is 8.60. The molecule has 1 aliphatic rings. The van der Waals surface area contributed by atoms with Gasteiger partial charge in [0.15, 0.2) is 0 Å². The van der Waals surface area contributed by atoms with Crippen molar-refractivity contribution < 1.29 is 23.8 Å². The third-order valence-corrected chi connectivity index (χ3v) is 4.21. The Morgan fingerprint density at radius 1 is 1.11 bits per heavy atom. The van der Waals surface area contributed by atoms with Gasteiger partial charge in [-0.2, -0.15) is 0 Å². The van der Waals surface area contributed by atoms with E-state index in [-0.39, 0.29) is 6.61 Å². The zero-order valence-electron chi connectivity index (χ0n) is 15.2. The average molecular weight is 364 g/mol. The number of rotatable bonds is 6. The Hall–Kier alpha value is -3.34. The molecule has 2 aromatic carbocycles. The summed E-state index contributed by atoms with van der Waals surface area (Å²) in [6.07, 6.45) is 4.60. The number of methoxy groups -OCH3 is 1. The van der Waals surface area contributed by atoms with Crippen LogP contribution >= 0.6 is 0 Å². The van der Waals surface area contributed by atoms with Crippen LogP contribution in [0, 0.1) is 0 Å². The van der Waals surface area contributed by atoms with Crippen molar-refractivity contribution in [3.05, 3.63) is 77.9 Å². The predicted octanol–water partition coefficient (Wildman–Crippen LogP) is 3.65. The number of hydrogen-bond donors (Lipinski definition) is 0. The van der Waals surface area contributed by atoms with E-state index in [1.165, 1.54) is 13.2 Å². The van der Waals surface area contributed by atoms with E-state index in [2.05, 4.69) is 0 Å². The number of esters is 2. The molecule has 2 aromatic rings. The van der Waals surface area contributed by atoms with Crippen molar-refractivity contribution in [3.63, 3.8) is 0 Å². The number of ether oxygens (including phenoxy) is 3. The molecule has 1 unspecified atom stereocenters. The molecule has 1 atom stereocenters. The largest absolute Gasteiger partial charge is 0.496 e. The number of carbonyl (C=O) groups excluding carboxylic acids is 2. The fourth-order valence-electron chi connectivity index (χ4n) is 2.97. The minimum Gasteiger partial charge on any atom is -0.496 e. The molecule has 0 saturated carbocycles. The van der Waals surface area contributed by atoms with Gasteiger partial charge in [-0.3, -0.25) is 0 Å². The van der Waals surface area contributed by atoms with E-state index < -0.39 is 17.5 Å². The van der Waals surface area contributed by atoms with Gasteiger partial charge in [0, 0.05) is 17.2 Å². The van der Waals surface area contributed by atoms with Crippen LogP contribution in [0.2, 0.25) is 0 Å². The van der Waals surface area contributed by atoms with Gasteiger partial charge in [0.2, 0.25) is 0 Å². The molecule has 0 amide bonds. The maximum atomic E-state index is 12.9. The van der Waals surface area contributed by atoms with E-state index >= 15 is 0 Å². The molecule has 0 saturated heterocycles. The summed E-state index contributed by atoms with van der Waals surface area (Å²) in [5, 5.41) is 0.